The van der Waals surface area contributed by atoms with E-state index in [1.54, 1.807) is 0 Å². The van der Waals surface area contributed by atoms with Gasteiger partial charge >= 0.3 is 0 Å². The van der Waals surface area contributed by atoms with E-state index in [0.29, 0.717) is 11.5 Å². The van der Waals surface area contributed by atoms with E-state index in [-0.39, 0.29) is 24.7 Å². The minimum atomic E-state index is 0.235. The van der Waals surface area contributed by atoms with E-state index in [1.165, 1.54) is 0 Å². The van der Waals surface area contributed by atoms with Gasteiger partial charge in [0.05, 0.1) is 0 Å². The Kier molecular flexibility index (Phi) is 8.88. The number of rotatable bonds is 10. The summed E-state index contributed by atoms with van der Waals surface area (Å²) in [5.41, 5.74) is 8.64. The van der Waals surface area contributed by atoms with Crippen LogP contribution in [0, 0.1) is 0 Å². The lowest BCUT2D eigenvalue weighted by atomic mass is 9.94. The van der Waals surface area contributed by atoms with Gasteiger partial charge in [0.2, 0.25) is 0 Å². The molecule has 0 heterocycles. The summed E-state index contributed by atoms with van der Waals surface area (Å²) < 4.78 is 12.8. The maximum atomic E-state index is 11.3. The van der Waals surface area contributed by atoms with Crippen molar-refractivity contribution in [1.29, 1.82) is 0 Å². The monoisotopic (exact) mass is 626 g/mol. The molecule has 0 saturated carbocycles. The number of hydrogen-bond donors (Lipinski definition) is 2. The number of benzene rings is 7. The molecule has 0 aliphatic rings. The first-order valence-corrected chi connectivity index (χ1v) is 15.9. The summed E-state index contributed by atoms with van der Waals surface area (Å²) in [7, 11) is 0. The van der Waals surface area contributed by atoms with Crippen LogP contribution in [0.2, 0.25) is 0 Å². The number of hydrogen-bond acceptors (Lipinski definition) is 4. The molecule has 0 atom stereocenters. The Morgan fingerprint density at radius 3 is 1.08 bits per heavy atom. The third-order valence-corrected chi connectivity index (χ3v) is 8.47. The molecule has 234 valence electrons. The summed E-state index contributed by atoms with van der Waals surface area (Å²) in [4.78, 5) is 0. The predicted molar refractivity (Wildman–Crippen MR) is 193 cm³/mol. The highest BCUT2D eigenvalue weighted by Crippen LogP contribution is 2.41. The molecule has 0 saturated heterocycles. The van der Waals surface area contributed by atoms with Gasteiger partial charge < -0.3 is 19.7 Å². The van der Waals surface area contributed by atoms with E-state index in [9.17, 15) is 10.2 Å². The molecule has 0 unspecified atom stereocenters. The molecule has 0 fully saturated rings. The molecule has 0 spiro atoms. The highest BCUT2D eigenvalue weighted by atomic mass is 16.5. The summed E-state index contributed by atoms with van der Waals surface area (Å²) in [6, 6.07) is 55.0. The molecular formula is C44H34O4. The van der Waals surface area contributed by atoms with Crippen LogP contribution in [-0.2, 0) is 13.2 Å². The van der Waals surface area contributed by atoms with Gasteiger partial charge in [-0.1, -0.05) is 158 Å². The van der Waals surface area contributed by atoms with E-state index in [4.69, 9.17) is 9.47 Å². The van der Waals surface area contributed by atoms with Crippen LogP contribution in [-0.4, -0.2) is 10.2 Å². The van der Waals surface area contributed by atoms with Crippen LogP contribution in [0.15, 0.2) is 170 Å². The Labute approximate surface area is 280 Å². The van der Waals surface area contributed by atoms with Crippen molar-refractivity contribution in [2.45, 2.75) is 13.2 Å². The zero-order valence-electron chi connectivity index (χ0n) is 26.3. The van der Waals surface area contributed by atoms with Crippen molar-refractivity contribution < 1.29 is 19.7 Å². The minimum absolute atomic E-state index is 0.235. The van der Waals surface area contributed by atoms with Crippen molar-refractivity contribution in [3.05, 3.63) is 181 Å². The quantitative estimate of drug-likeness (QED) is 0.159. The highest BCUT2D eigenvalue weighted by molar-refractivity contribution is 5.84. The lowest BCUT2D eigenvalue weighted by Crippen LogP contribution is -2.02. The molecule has 7 aromatic rings. The SMILES string of the molecule is Oc1c(-c2ccccc2)cccc1-c1ccccc1COc1ccccc1OCc1ccccc1-c1cccc(-c2ccccc2)c1O. The van der Waals surface area contributed by atoms with Crippen molar-refractivity contribution in [2.75, 3.05) is 0 Å². The van der Waals surface area contributed by atoms with Gasteiger partial charge in [0.1, 0.15) is 24.7 Å². The van der Waals surface area contributed by atoms with Crippen molar-refractivity contribution in [2.24, 2.45) is 0 Å². The molecule has 0 aliphatic heterocycles. The molecule has 4 heteroatoms. The summed E-state index contributed by atoms with van der Waals surface area (Å²) in [6.07, 6.45) is 0. The fourth-order valence-corrected chi connectivity index (χ4v) is 6.04. The minimum Gasteiger partial charge on any atom is -0.507 e. The molecule has 0 amide bonds. The summed E-state index contributed by atoms with van der Waals surface area (Å²) in [5, 5.41) is 22.7. The lowest BCUT2D eigenvalue weighted by molar-refractivity contribution is 0.256. The maximum absolute atomic E-state index is 11.3. The van der Waals surface area contributed by atoms with Gasteiger partial charge in [-0.15, -0.1) is 0 Å². The number of para-hydroxylation sites is 4. The van der Waals surface area contributed by atoms with Gasteiger partial charge in [0.25, 0.3) is 0 Å². The van der Waals surface area contributed by atoms with Crippen LogP contribution in [0.1, 0.15) is 11.1 Å². The van der Waals surface area contributed by atoms with Crippen LogP contribution in [0.3, 0.4) is 0 Å². The molecule has 0 radical (unpaired) electrons. The van der Waals surface area contributed by atoms with Gasteiger partial charge in [0.15, 0.2) is 11.5 Å². The molecule has 48 heavy (non-hydrogen) atoms. The van der Waals surface area contributed by atoms with Gasteiger partial charge in [-0.05, 0) is 45.5 Å². The fraction of sp³-hybridized carbons (Fsp3) is 0.0455. The Bertz CT molecular complexity index is 2000. The Morgan fingerprint density at radius 1 is 0.312 bits per heavy atom. The van der Waals surface area contributed by atoms with E-state index in [2.05, 4.69) is 0 Å². The molecule has 7 aromatic carbocycles. The van der Waals surface area contributed by atoms with Gasteiger partial charge in [-0.3, -0.25) is 0 Å². The molecule has 0 aliphatic carbocycles. The largest absolute Gasteiger partial charge is 0.507 e. The smallest absolute Gasteiger partial charge is 0.161 e. The third kappa shape index (κ3) is 6.37. The summed E-state index contributed by atoms with van der Waals surface area (Å²) >= 11 is 0. The second kappa shape index (κ2) is 14.0. The van der Waals surface area contributed by atoms with Crippen LogP contribution >= 0.6 is 0 Å². The third-order valence-electron chi connectivity index (χ3n) is 8.47. The van der Waals surface area contributed by atoms with E-state index >= 15 is 0 Å². The average Bonchev–Trinajstić information content (AvgIpc) is 3.15. The summed E-state index contributed by atoms with van der Waals surface area (Å²) in [5.74, 6) is 1.69. The van der Waals surface area contributed by atoms with E-state index in [0.717, 1.165) is 55.6 Å². The topological polar surface area (TPSA) is 58.9 Å². The number of phenols is 2. The maximum Gasteiger partial charge on any atom is 0.161 e. The number of ether oxygens (including phenoxy) is 2. The normalized spacial score (nSPS) is 10.8. The van der Waals surface area contributed by atoms with Crippen LogP contribution in [0.25, 0.3) is 44.5 Å². The zero-order valence-corrected chi connectivity index (χ0v) is 26.3. The first-order chi connectivity index (χ1) is 23.7. The van der Waals surface area contributed by atoms with E-state index in [1.807, 2.05) is 170 Å². The molecule has 0 bridgehead atoms. The second-order valence-electron chi connectivity index (χ2n) is 11.5. The molecule has 0 aromatic heterocycles. The van der Waals surface area contributed by atoms with Gasteiger partial charge in [-0.25, -0.2) is 0 Å². The standard InChI is InChI=1S/C44H34O4/c45-43-37(31-15-3-1-4-16-31)23-13-25-39(43)35-21-9-7-19-33(35)29-47-41-27-11-12-28-42(41)48-30-34-20-8-10-22-36(34)40-26-14-24-38(44(40)46)32-17-5-2-6-18-32/h1-28,45-46H,29-30H2. The summed E-state index contributed by atoms with van der Waals surface area (Å²) in [6.45, 7) is 0.560. The zero-order chi connectivity index (χ0) is 32.7. The highest BCUT2D eigenvalue weighted by Gasteiger charge is 2.16. The fourth-order valence-electron chi connectivity index (χ4n) is 6.04. The van der Waals surface area contributed by atoms with Crippen molar-refractivity contribution in [3.8, 4) is 67.5 Å². The van der Waals surface area contributed by atoms with Gasteiger partial charge in [-0.2, -0.15) is 0 Å². The Balaban J connectivity index is 1.12. The molecule has 2 N–H and O–H groups in total. The molecule has 4 nitrogen and oxygen atoms in total. The first-order valence-electron chi connectivity index (χ1n) is 15.9. The van der Waals surface area contributed by atoms with E-state index < -0.39 is 0 Å². The van der Waals surface area contributed by atoms with Crippen LogP contribution in [0.4, 0.5) is 0 Å². The van der Waals surface area contributed by atoms with Crippen LogP contribution in [0.5, 0.6) is 23.0 Å². The second-order valence-corrected chi connectivity index (χ2v) is 11.5. The van der Waals surface area contributed by atoms with Crippen LogP contribution < -0.4 is 9.47 Å². The number of aromatic hydroxyl groups is 2. The Hall–Kier alpha value is -6.26. The van der Waals surface area contributed by atoms with Crippen molar-refractivity contribution in [1.82, 2.24) is 0 Å². The Morgan fingerprint density at radius 2 is 0.646 bits per heavy atom. The molecular weight excluding hydrogens is 592 g/mol. The number of phenolic OH excluding ortho intramolecular Hbond substituents is 2. The lowest BCUT2D eigenvalue weighted by Gasteiger charge is -2.17. The predicted octanol–water partition coefficient (Wildman–Crippen LogP) is 10.9. The first kappa shape index (κ1) is 30.4. The van der Waals surface area contributed by atoms with Crippen molar-refractivity contribution in [3.63, 3.8) is 0 Å². The molecule has 7 rings (SSSR count). The van der Waals surface area contributed by atoms with Crippen molar-refractivity contribution >= 4 is 0 Å². The van der Waals surface area contributed by atoms with Gasteiger partial charge in [0, 0.05) is 22.3 Å². The average molecular weight is 627 g/mol.